The van der Waals surface area contributed by atoms with E-state index in [0.717, 1.165) is 38.0 Å². The molecule has 5 rings (SSSR count). The molecule has 5 N–H and O–H groups in total. The third kappa shape index (κ3) is 6.44. The van der Waals surface area contributed by atoms with Crippen molar-refractivity contribution in [2.24, 2.45) is 11.6 Å². The number of nitrogens with two attached hydrogens (primary N) is 2. The van der Waals surface area contributed by atoms with Crippen LogP contribution in [0.25, 0.3) is 0 Å². The normalized spacial score (nSPS) is 18.1. The van der Waals surface area contributed by atoms with Crippen LogP contribution in [0.15, 0.2) is 48.8 Å². The molecule has 1 saturated heterocycles. The lowest BCUT2D eigenvalue weighted by atomic mass is 9.78. The zero-order valence-corrected chi connectivity index (χ0v) is 21.0. The fourth-order valence-corrected chi connectivity index (χ4v) is 4.57. The Morgan fingerprint density at radius 3 is 2.43 bits per heavy atom. The number of hydrazine groups is 1. The third-order valence-corrected chi connectivity index (χ3v) is 7.03. The number of alkyl halides is 3. The maximum atomic E-state index is 13.9. The van der Waals surface area contributed by atoms with Crippen LogP contribution in [0, 0.1) is 0 Å². The van der Waals surface area contributed by atoms with Gasteiger partial charge in [0.25, 0.3) is 5.91 Å². The Bertz CT molecular complexity index is 1140. The largest absolute Gasteiger partial charge is 0.416 e. The number of hydrogen-bond donors (Lipinski definition) is 3. The first-order valence-corrected chi connectivity index (χ1v) is 12.5. The van der Waals surface area contributed by atoms with Crippen LogP contribution in [0.2, 0.25) is 0 Å². The minimum Gasteiger partial charge on any atom is -0.403 e. The Morgan fingerprint density at radius 1 is 1.16 bits per heavy atom. The highest BCUT2D eigenvalue weighted by molar-refractivity contribution is 6.10. The van der Waals surface area contributed by atoms with Gasteiger partial charge in [-0.1, -0.05) is 12.1 Å². The second-order valence-electron chi connectivity index (χ2n) is 9.98. The molecular weight excluding hydrogens is 483 g/mol. The van der Waals surface area contributed by atoms with Crippen LogP contribution < -0.4 is 21.8 Å². The highest BCUT2D eigenvalue weighted by atomic mass is 19.4. The van der Waals surface area contributed by atoms with Crippen molar-refractivity contribution >= 4 is 11.6 Å². The number of benzene rings is 2. The van der Waals surface area contributed by atoms with E-state index in [0.29, 0.717) is 17.8 Å². The van der Waals surface area contributed by atoms with E-state index in [1.165, 1.54) is 34.8 Å². The first-order valence-electron chi connectivity index (χ1n) is 12.5. The molecule has 0 atom stereocenters. The number of rotatable bonds is 7. The highest BCUT2D eigenvalue weighted by Gasteiger charge is 2.41. The standard InChI is InChI=1S/C24H28F3N5O.C3H6O/c1-23(6-3-7-23)30-13-17-11-19-20(21(12-17)24(25,26)27)15-32(22(19)33)18-5-2-4-16(10-18)14-31(29)9-8-28;1-2-4-3-1/h2,4-5,8-12,30H,3,6-7,13-15,28-29H2,1H3;1-3H2/b9-8-;. The number of carbonyl (C=O) groups is 1. The van der Waals surface area contributed by atoms with Crippen LogP contribution in [0.3, 0.4) is 0 Å². The van der Waals surface area contributed by atoms with E-state index in [2.05, 4.69) is 12.2 Å². The lowest BCUT2D eigenvalue weighted by Crippen LogP contribution is -2.47. The Morgan fingerprint density at radius 2 is 1.86 bits per heavy atom. The van der Waals surface area contributed by atoms with Crippen LogP contribution in [-0.2, 0) is 30.5 Å². The number of nitrogens with zero attached hydrogens (tertiary/aromatic N) is 2. The Hall–Kier alpha value is -3.08. The van der Waals surface area contributed by atoms with Gasteiger partial charge in [-0.25, -0.2) is 5.84 Å². The quantitative estimate of drug-likeness (QED) is 0.372. The van der Waals surface area contributed by atoms with Crippen LogP contribution in [0.4, 0.5) is 18.9 Å². The molecule has 2 aromatic rings. The first-order chi connectivity index (χ1) is 17.6. The van der Waals surface area contributed by atoms with Gasteiger partial charge < -0.3 is 25.7 Å². The van der Waals surface area contributed by atoms with Gasteiger partial charge in [0, 0.05) is 48.9 Å². The molecule has 1 saturated carbocycles. The van der Waals surface area contributed by atoms with Gasteiger partial charge in [-0.15, -0.1) is 0 Å². The summed E-state index contributed by atoms with van der Waals surface area (Å²) in [5, 5.41) is 4.73. The second-order valence-corrected chi connectivity index (χ2v) is 9.98. The monoisotopic (exact) mass is 517 g/mol. The number of amides is 1. The number of anilines is 1. The zero-order chi connectivity index (χ0) is 26.6. The molecule has 7 nitrogen and oxygen atoms in total. The van der Waals surface area contributed by atoms with E-state index in [4.69, 9.17) is 16.3 Å². The highest BCUT2D eigenvalue weighted by Crippen LogP contribution is 2.40. The van der Waals surface area contributed by atoms with E-state index < -0.39 is 17.6 Å². The summed E-state index contributed by atoms with van der Waals surface area (Å²) in [5.74, 6) is 5.39. The molecule has 2 fully saturated rings. The minimum atomic E-state index is -4.55. The van der Waals surface area contributed by atoms with Crippen molar-refractivity contribution in [3.63, 3.8) is 0 Å². The molecule has 2 aliphatic heterocycles. The Kier molecular flexibility index (Phi) is 8.11. The maximum Gasteiger partial charge on any atom is 0.416 e. The van der Waals surface area contributed by atoms with Crippen molar-refractivity contribution in [1.29, 1.82) is 0 Å². The van der Waals surface area contributed by atoms with Crippen LogP contribution in [0.5, 0.6) is 0 Å². The van der Waals surface area contributed by atoms with Gasteiger partial charge in [0.2, 0.25) is 0 Å². The molecule has 1 aliphatic carbocycles. The number of fused-ring (bicyclic) bond motifs is 1. The topological polar surface area (TPSA) is 96.8 Å². The van der Waals surface area contributed by atoms with Gasteiger partial charge in [0.05, 0.1) is 18.7 Å². The van der Waals surface area contributed by atoms with Crippen molar-refractivity contribution in [3.05, 3.63) is 76.6 Å². The van der Waals surface area contributed by atoms with Gasteiger partial charge in [-0.2, -0.15) is 13.2 Å². The number of carbonyl (C=O) groups excluding carboxylic acids is 1. The molecule has 200 valence electrons. The van der Waals surface area contributed by atoms with Crippen molar-refractivity contribution in [1.82, 2.24) is 10.3 Å². The van der Waals surface area contributed by atoms with E-state index in [-0.39, 0.29) is 29.8 Å². The van der Waals surface area contributed by atoms with E-state index >= 15 is 0 Å². The number of ether oxygens (including phenoxy) is 1. The molecule has 3 aliphatic rings. The smallest absolute Gasteiger partial charge is 0.403 e. The summed E-state index contributed by atoms with van der Waals surface area (Å²) in [4.78, 5) is 14.6. The van der Waals surface area contributed by atoms with Crippen molar-refractivity contribution in [2.45, 2.75) is 64.0 Å². The molecule has 0 aromatic heterocycles. The van der Waals surface area contributed by atoms with Gasteiger partial charge in [-0.05, 0) is 73.6 Å². The molecule has 1 amide bonds. The zero-order valence-electron chi connectivity index (χ0n) is 21.0. The molecule has 0 radical (unpaired) electrons. The Balaban J connectivity index is 0.000000730. The summed E-state index contributed by atoms with van der Waals surface area (Å²) < 4.78 is 46.5. The lowest BCUT2D eigenvalue weighted by Gasteiger charge is -2.39. The average Bonchev–Trinajstić information content (AvgIpc) is 3.11. The molecule has 0 spiro atoms. The molecule has 2 aromatic carbocycles. The SMILES string of the molecule is C1COC1.CC1(NCc2cc3c(c(C(F)(F)F)c2)CN(c2cccc(CN(N)/C=C\N)c2)C3=O)CCC1. The summed E-state index contributed by atoms with van der Waals surface area (Å²) in [6.07, 6.45) is 2.63. The molecule has 0 unspecified atom stereocenters. The maximum absolute atomic E-state index is 13.9. The predicted octanol–water partition coefficient (Wildman–Crippen LogP) is 4.41. The second kappa shape index (κ2) is 11.1. The van der Waals surface area contributed by atoms with E-state index in [1.54, 1.807) is 24.3 Å². The fourth-order valence-electron chi connectivity index (χ4n) is 4.57. The van der Waals surface area contributed by atoms with Gasteiger partial charge in [0.15, 0.2) is 0 Å². The first kappa shape index (κ1) is 27.0. The number of halogens is 3. The molecular formula is C27H34F3N5O2. The molecule has 10 heteroatoms. The Labute approximate surface area is 215 Å². The summed E-state index contributed by atoms with van der Waals surface area (Å²) in [6, 6.07) is 9.81. The summed E-state index contributed by atoms with van der Waals surface area (Å²) in [6.45, 7) is 4.56. The minimum absolute atomic E-state index is 0.0167. The summed E-state index contributed by atoms with van der Waals surface area (Å²) >= 11 is 0. The van der Waals surface area contributed by atoms with E-state index in [1.807, 2.05) is 6.07 Å². The van der Waals surface area contributed by atoms with Gasteiger partial charge in [0.1, 0.15) is 0 Å². The summed E-state index contributed by atoms with van der Waals surface area (Å²) in [7, 11) is 0. The van der Waals surface area contributed by atoms with Gasteiger partial charge in [-0.3, -0.25) is 4.79 Å². The van der Waals surface area contributed by atoms with Crippen molar-refractivity contribution in [2.75, 3.05) is 18.1 Å². The third-order valence-electron chi connectivity index (χ3n) is 7.03. The molecule has 0 bridgehead atoms. The summed E-state index contributed by atoms with van der Waals surface area (Å²) in [5.41, 5.74) is 6.46. The number of nitrogens with one attached hydrogen (secondary N) is 1. The lowest BCUT2D eigenvalue weighted by molar-refractivity contribution is -0.138. The van der Waals surface area contributed by atoms with E-state index in [9.17, 15) is 18.0 Å². The van der Waals surface area contributed by atoms with Crippen LogP contribution in [-0.4, -0.2) is 29.7 Å². The van der Waals surface area contributed by atoms with Crippen LogP contribution >= 0.6 is 0 Å². The van der Waals surface area contributed by atoms with Crippen LogP contribution in [0.1, 0.15) is 65.2 Å². The molecule has 37 heavy (non-hydrogen) atoms. The van der Waals surface area contributed by atoms with Gasteiger partial charge >= 0.3 is 6.18 Å². The average molecular weight is 518 g/mol. The number of hydrogen-bond acceptors (Lipinski definition) is 6. The fraction of sp³-hybridized carbons (Fsp3) is 0.444. The molecule has 2 heterocycles. The predicted molar refractivity (Wildman–Crippen MR) is 136 cm³/mol. The van der Waals surface area contributed by atoms with Crippen molar-refractivity contribution < 1.29 is 22.7 Å². The van der Waals surface area contributed by atoms with Crippen molar-refractivity contribution in [3.8, 4) is 0 Å².